The van der Waals surface area contributed by atoms with Crippen LogP contribution in [0.3, 0.4) is 0 Å². The van der Waals surface area contributed by atoms with E-state index in [-0.39, 0.29) is 5.41 Å². The van der Waals surface area contributed by atoms with E-state index < -0.39 is 0 Å². The molecule has 0 aliphatic carbocycles. The number of hydrogen-bond donors (Lipinski definition) is 2. The maximum absolute atomic E-state index is 4.73. The fraction of sp³-hybridized carbons (Fsp3) is 0.381. The van der Waals surface area contributed by atoms with Crippen molar-refractivity contribution in [2.45, 2.75) is 39.3 Å². The summed E-state index contributed by atoms with van der Waals surface area (Å²) in [6.07, 6.45) is 1.87. The van der Waals surface area contributed by atoms with Crippen LogP contribution in [-0.4, -0.2) is 39.9 Å². The number of aliphatic imine (C=N–C) groups is 1. The van der Waals surface area contributed by atoms with Gasteiger partial charge in [0.25, 0.3) is 0 Å². The minimum atomic E-state index is 0.0724. The van der Waals surface area contributed by atoms with Crippen molar-refractivity contribution in [1.29, 1.82) is 0 Å². The zero-order valence-electron chi connectivity index (χ0n) is 17.2. The summed E-state index contributed by atoms with van der Waals surface area (Å²) >= 11 is 1.68. The van der Waals surface area contributed by atoms with E-state index in [9.17, 15) is 0 Å². The van der Waals surface area contributed by atoms with Crippen molar-refractivity contribution in [1.82, 2.24) is 25.2 Å². The summed E-state index contributed by atoms with van der Waals surface area (Å²) in [7, 11) is 3.79. The van der Waals surface area contributed by atoms with Crippen LogP contribution in [0.1, 0.15) is 37.3 Å². The third kappa shape index (κ3) is 4.98. The molecule has 0 unspecified atom stereocenters. The molecule has 0 saturated carbocycles. The fourth-order valence-corrected chi connectivity index (χ4v) is 3.74. The molecule has 3 aromatic rings. The molecule has 0 aliphatic rings. The second kappa shape index (κ2) is 8.56. The highest BCUT2D eigenvalue weighted by atomic mass is 32.1. The number of nitrogens with one attached hydrogen (secondary N) is 2. The summed E-state index contributed by atoms with van der Waals surface area (Å²) in [5.74, 6) is 1.71. The molecular formula is C21H28N6S. The van der Waals surface area contributed by atoms with Crippen molar-refractivity contribution in [2.75, 3.05) is 14.1 Å². The highest BCUT2D eigenvalue weighted by Crippen LogP contribution is 2.23. The summed E-state index contributed by atoms with van der Waals surface area (Å²) in [5, 5.41) is 6.59. The summed E-state index contributed by atoms with van der Waals surface area (Å²) in [6, 6.07) is 10.2. The van der Waals surface area contributed by atoms with Gasteiger partial charge in [-0.15, -0.1) is 11.3 Å². The molecule has 0 aliphatic heterocycles. The first-order chi connectivity index (χ1) is 13.4. The molecule has 2 aromatic heterocycles. The first-order valence-electron chi connectivity index (χ1n) is 9.33. The average Bonchev–Trinajstić information content (AvgIpc) is 3.32. The van der Waals surface area contributed by atoms with Crippen molar-refractivity contribution in [3.8, 4) is 11.3 Å². The normalized spacial score (nSPS) is 12.2. The van der Waals surface area contributed by atoms with Crippen molar-refractivity contribution >= 4 is 17.3 Å². The third-order valence-electron chi connectivity index (χ3n) is 4.39. The molecule has 0 spiro atoms. The maximum atomic E-state index is 4.73. The molecule has 0 fully saturated rings. The molecule has 1 aromatic carbocycles. The molecule has 0 saturated heterocycles. The van der Waals surface area contributed by atoms with E-state index in [4.69, 9.17) is 4.98 Å². The number of nitrogens with zero attached hydrogens (tertiary/aromatic N) is 4. The van der Waals surface area contributed by atoms with E-state index in [1.807, 2.05) is 36.3 Å². The summed E-state index contributed by atoms with van der Waals surface area (Å²) < 4.78 is 0. The van der Waals surface area contributed by atoms with Crippen LogP contribution in [0.5, 0.6) is 0 Å². The minimum Gasteiger partial charge on any atom is -0.350 e. The molecule has 0 radical (unpaired) electrons. The second-order valence-corrected chi connectivity index (χ2v) is 8.69. The maximum Gasteiger partial charge on any atom is 0.194 e. The number of imidazole rings is 1. The van der Waals surface area contributed by atoms with E-state index in [0.29, 0.717) is 13.1 Å². The number of guanidine groups is 1. The highest BCUT2D eigenvalue weighted by Gasteiger charge is 2.17. The zero-order chi connectivity index (χ0) is 20.1. The van der Waals surface area contributed by atoms with Crippen LogP contribution < -0.4 is 5.32 Å². The second-order valence-electron chi connectivity index (χ2n) is 7.74. The lowest BCUT2D eigenvalue weighted by atomic mass is 9.93. The molecule has 0 atom stereocenters. The van der Waals surface area contributed by atoms with Crippen molar-refractivity contribution in [3.63, 3.8) is 0 Å². The number of aromatic amines is 1. The average molecular weight is 397 g/mol. The van der Waals surface area contributed by atoms with Gasteiger partial charge in [0.1, 0.15) is 10.8 Å². The first-order valence-corrected chi connectivity index (χ1v) is 10.2. The van der Waals surface area contributed by atoms with Gasteiger partial charge in [0.2, 0.25) is 0 Å². The Bertz CT molecular complexity index is 920. The number of benzene rings is 1. The molecule has 7 heteroatoms. The summed E-state index contributed by atoms with van der Waals surface area (Å²) in [4.78, 5) is 19.1. The zero-order valence-corrected chi connectivity index (χ0v) is 18.0. The van der Waals surface area contributed by atoms with E-state index in [1.54, 1.807) is 18.4 Å². The predicted molar refractivity (Wildman–Crippen MR) is 117 cm³/mol. The van der Waals surface area contributed by atoms with Crippen LogP contribution in [0.25, 0.3) is 11.3 Å². The van der Waals surface area contributed by atoms with Crippen molar-refractivity contribution in [3.05, 3.63) is 58.4 Å². The largest absolute Gasteiger partial charge is 0.350 e. The van der Waals surface area contributed by atoms with Gasteiger partial charge in [-0.1, -0.05) is 51.1 Å². The molecular weight excluding hydrogens is 368 g/mol. The Hall–Kier alpha value is -2.67. The number of rotatable bonds is 5. The molecule has 148 valence electrons. The number of thiazole rings is 1. The fourth-order valence-electron chi connectivity index (χ4n) is 2.78. The van der Waals surface area contributed by atoms with Gasteiger partial charge < -0.3 is 15.2 Å². The molecule has 6 nitrogen and oxygen atoms in total. The van der Waals surface area contributed by atoms with Gasteiger partial charge in [-0.3, -0.25) is 4.99 Å². The Morgan fingerprint density at radius 1 is 1.25 bits per heavy atom. The standard InChI is InChI=1S/C21H28N6S/c1-21(2,3)17-14-28-19(26-17)12-24-20(22-4)27(5)13-18-23-11-16(25-18)15-9-7-6-8-10-15/h6-11,14H,12-13H2,1-5H3,(H,22,24)(H,23,25). The van der Waals surface area contributed by atoms with Crippen LogP contribution in [0.15, 0.2) is 46.9 Å². The lowest BCUT2D eigenvalue weighted by Crippen LogP contribution is -2.38. The van der Waals surface area contributed by atoms with Crippen molar-refractivity contribution in [2.24, 2.45) is 4.99 Å². The van der Waals surface area contributed by atoms with Gasteiger partial charge in [-0.2, -0.15) is 0 Å². The Morgan fingerprint density at radius 3 is 2.64 bits per heavy atom. The van der Waals surface area contributed by atoms with Crippen LogP contribution >= 0.6 is 11.3 Å². The van der Waals surface area contributed by atoms with Gasteiger partial charge in [-0.25, -0.2) is 9.97 Å². The Kier molecular flexibility index (Phi) is 6.14. The van der Waals surface area contributed by atoms with E-state index in [2.05, 4.69) is 58.6 Å². The third-order valence-corrected chi connectivity index (χ3v) is 5.24. The van der Waals surface area contributed by atoms with E-state index in [0.717, 1.165) is 33.7 Å². The smallest absolute Gasteiger partial charge is 0.194 e. The number of H-pyrrole nitrogens is 1. The Balaban J connectivity index is 1.59. The molecule has 28 heavy (non-hydrogen) atoms. The topological polar surface area (TPSA) is 69.2 Å². The Morgan fingerprint density at radius 2 is 2.00 bits per heavy atom. The van der Waals surface area contributed by atoms with Crippen LogP contribution in [-0.2, 0) is 18.5 Å². The van der Waals surface area contributed by atoms with Gasteiger partial charge >= 0.3 is 0 Å². The van der Waals surface area contributed by atoms with Gasteiger partial charge in [-0.05, 0) is 5.56 Å². The molecule has 0 bridgehead atoms. The summed E-state index contributed by atoms with van der Waals surface area (Å²) in [6.45, 7) is 7.83. The SMILES string of the molecule is CN=C(NCc1nc(C(C)(C)C)cs1)N(C)Cc1ncc(-c2ccccc2)[nH]1. The Labute approximate surface area is 170 Å². The molecule has 2 N–H and O–H groups in total. The lowest BCUT2D eigenvalue weighted by Gasteiger charge is -2.20. The number of aromatic nitrogens is 3. The van der Waals surface area contributed by atoms with Crippen LogP contribution in [0.2, 0.25) is 0 Å². The highest BCUT2D eigenvalue weighted by molar-refractivity contribution is 7.09. The molecule has 2 heterocycles. The quantitative estimate of drug-likeness (QED) is 0.504. The van der Waals surface area contributed by atoms with Gasteiger partial charge in [0.05, 0.1) is 30.7 Å². The van der Waals surface area contributed by atoms with E-state index in [1.165, 1.54) is 0 Å². The van der Waals surface area contributed by atoms with Crippen LogP contribution in [0.4, 0.5) is 0 Å². The van der Waals surface area contributed by atoms with Crippen molar-refractivity contribution < 1.29 is 0 Å². The monoisotopic (exact) mass is 396 g/mol. The number of hydrogen-bond acceptors (Lipinski definition) is 4. The predicted octanol–water partition coefficient (Wildman–Crippen LogP) is 4.04. The minimum absolute atomic E-state index is 0.0724. The molecule has 3 rings (SSSR count). The first kappa shape index (κ1) is 20.1. The van der Waals surface area contributed by atoms with E-state index >= 15 is 0 Å². The lowest BCUT2D eigenvalue weighted by molar-refractivity contribution is 0.463. The van der Waals surface area contributed by atoms with Crippen LogP contribution in [0, 0.1) is 0 Å². The molecule has 0 amide bonds. The van der Waals surface area contributed by atoms with Gasteiger partial charge in [0.15, 0.2) is 5.96 Å². The summed E-state index contributed by atoms with van der Waals surface area (Å²) in [5.41, 5.74) is 3.35. The van der Waals surface area contributed by atoms with Gasteiger partial charge in [0, 0.05) is 24.9 Å².